The van der Waals surface area contributed by atoms with Crippen LogP contribution in [0.2, 0.25) is 0 Å². The van der Waals surface area contributed by atoms with Gasteiger partial charge in [-0.15, -0.1) is 0 Å². The lowest BCUT2D eigenvalue weighted by molar-refractivity contribution is -0.120. The van der Waals surface area contributed by atoms with Crippen LogP contribution in [0, 0.1) is 0 Å². The highest BCUT2D eigenvalue weighted by atomic mass is 32.2. The number of rotatable bonds is 8. The summed E-state index contributed by atoms with van der Waals surface area (Å²) < 4.78 is 24.6. The summed E-state index contributed by atoms with van der Waals surface area (Å²) in [6, 6.07) is 0. The Morgan fingerprint density at radius 3 is 2.35 bits per heavy atom. The summed E-state index contributed by atoms with van der Waals surface area (Å²) in [5.74, 6) is -0.137. The average molecular weight is 265 g/mol. The van der Waals surface area contributed by atoms with E-state index in [0.29, 0.717) is 0 Å². The molecule has 3 N–H and O–H groups in total. The van der Waals surface area contributed by atoms with E-state index in [1.54, 1.807) is 13.8 Å². The van der Waals surface area contributed by atoms with Crippen molar-refractivity contribution in [3.05, 3.63) is 0 Å². The summed E-state index contributed by atoms with van der Waals surface area (Å²) in [6.45, 7) is 6.75. The third kappa shape index (κ3) is 10.2. The number of carbonyl (C=O) groups excluding carboxylic acids is 1. The van der Waals surface area contributed by atoms with Crippen LogP contribution >= 0.6 is 0 Å². The van der Waals surface area contributed by atoms with E-state index in [1.807, 2.05) is 6.92 Å². The number of sulfonamides is 1. The van der Waals surface area contributed by atoms with Gasteiger partial charge in [0.2, 0.25) is 15.9 Å². The van der Waals surface area contributed by atoms with Gasteiger partial charge in [-0.1, -0.05) is 6.92 Å². The lowest BCUT2D eigenvalue weighted by atomic mass is 10.1. The predicted octanol–water partition coefficient (Wildman–Crippen LogP) is -0.570. The molecule has 1 amide bonds. The molecule has 0 aliphatic heterocycles. The number of hydrogen-bond acceptors (Lipinski definition) is 4. The number of amides is 1. The second kappa shape index (κ2) is 6.93. The van der Waals surface area contributed by atoms with Gasteiger partial charge in [-0.2, -0.15) is 0 Å². The second-order valence-electron chi connectivity index (χ2n) is 4.71. The van der Waals surface area contributed by atoms with Crippen LogP contribution < -0.4 is 15.4 Å². The van der Waals surface area contributed by atoms with Gasteiger partial charge in [0.1, 0.15) is 0 Å². The fourth-order valence-corrected chi connectivity index (χ4v) is 2.37. The smallest absolute Gasteiger partial charge is 0.234 e. The molecule has 0 fully saturated rings. The van der Waals surface area contributed by atoms with Crippen LogP contribution in [0.4, 0.5) is 0 Å². The summed E-state index contributed by atoms with van der Waals surface area (Å²) in [7, 11) is -3.27. The van der Waals surface area contributed by atoms with Crippen molar-refractivity contribution in [3.8, 4) is 0 Å². The Bertz CT molecular complexity index is 339. The minimum atomic E-state index is -3.27. The monoisotopic (exact) mass is 265 g/mol. The van der Waals surface area contributed by atoms with Gasteiger partial charge in [-0.25, -0.2) is 13.1 Å². The first-order chi connectivity index (χ1) is 7.66. The Kier molecular flexibility index (Phi) is 6.66. The molecule has 0 spiro atoms. The van der Waals surface area contributed by atoms with Crippen molar-refractivity contribution in [1.29, 1.82) is 0 Å². The van der Waals surface area contributed by atoms with Gasteiger partial charge in [0, 0.05) is 12.1 Å². The Labute approximate surface area is 104 Å². The van der Waals surface area contributed by atoms with Crippen LogP contribution in [0.1, 0.15) is 27.2 Å². The van der Waals surface area contributed by atoms with Crippen molar-refractivity contribution in [3.63, 3.8) is 0 Å². The van der Waals surface area contributed by atoms with Crippen LogP contribution in [0.3, 0.4) is 0 Å². The van der Waals surface area contributed by atoms with Gasteiger partial charge in [0.05, 0.1) is 12.8 Å². The molecule has 102 valence electrons. The summed E-state index contributed by atoms with van der Waals surface area (Å²) in [6.07, 6.45) is 2.06. The Balaban J connectivity index is 3.97. The molecule has 6 nitrogen and oxygen atoms in total. The molecule has 0 atom stereocenters. The fourth-order valence-electron chi connectivity index (χ4n) is 1.30. The SMILES string of the molecule is CCCNCC(=O)NCC(C)(C)NS(C)(=O)=O. The molecule has 0 aliphatic carbocycles. The molecule has 0 saturated carbocycles. The maximum Gasteiger partial charge on any atom is 0.234 e. The lowest BCUT2D eigenvalue weighted by Crippen LogP contribution is -2.52. The van der Waals surface area contributed by atoms with E-state index in [-0.39, 0.29) is 19.0 Å². The summed E-state index contributed by atoms with van der Waals surface area (Å²) in [4.78, 5) is 11.4. The zero-order chi connectivity index (χ0) is 13.5. The molecule has 0 aromatic heterocycles. The zero-order valence-electron chi connectivity index (χ0n) is 11.0. The molecule has 0 saturated heterocycles. The molecule has 0 aliphatic rings. The topological polar surface area (TPSA) is 87.3 Å². The van der Waals surface area contributed by atoms with Gasteiger partial charge in [-0.05, 0) is 26.8 Å². The summed E-state index contributed by atoms with van der Waals surface area (Å²) in [5.41, 5.74) is -0.687. The third-order valence-corrected chi connectivity index (χ3v) is 2.82. The quantitative estimate of drug-likeness (QED) is 0.513. The normalized spacial score (nSPS) is 12.5. The highest BCUT2D eigenvalue weighted by Gasteiger charge is 2.22. The summed E-state index contributed by atoms with van der Waals surface area (Å²) in [5, 5.41) is 5.64. The van der Waals surface area contributed by atoms with Crippen molar-refractivity contribution in [2.75, 3.05) is 25.9 Å². The first kappa shape index (κ1) is 16.3. The van der Waals surface area contributed by atoms with Crippen LogP contribution in [0.15, 0.2) is 0 Å². The molecule has 0 rings (SSSR count). The number of nitrogens with one attached hydrogen (secondary N) is 3. The zero-order valence-corrected chi connectivity index (χ0v) is 11.8. The second-order valence-corrected chi connectivity index (χ2v) is 6.46. The predicted molar refractivity (Wildman–Crippen MR) is 68.2 cm³/mol. The molecule has 0 bridgehead atoms. The molecule has 17 heavy (non-hydrogen) atoms. The van der Waals surface area contributed by atoms with Crippen LogP contribution in [-0.4, -0.2) is 45.8 Å². The fraction of sp³-hybridized carbons (Fsp3) is 0.900. The van der Waals surface area contributed by atoms with Gasteiger partial charge in [0.25, 0.3) is 0 Å². The molecule has 0 aromatic carbocycles. The molecule has 7 heteroatoms. The van der Waals surface area contributed by atoms with Crippen molar-refractivity contribution >= 4 is 15.9 Å². The maximum atomic E-state index is 11.4. The van der Waals surface area contributed by atoms with E-state index >= 15 is 0 Å². The van der Waals surface area contributed by atoms with Crippen molar-refractivity contribution in [2.45, 2.75) is 32.7 Å². The Morgan fingerprint density at radius 1 is 1.29 bits per heavy atom. The summed E-state index contributed by atoms with van der Waals surface area (Å²) >= 11 is 0. The van der Waals surface area contributed by atoms with E-state index in [4.69, 9.17) is 0 Å². The van der Waals surface area contributed by atoms with Crippen molar-refractivity contribution < 1.29 is 13.2 Å². The van der Waals surface area contributed by atoms with E-state index in [9.17, 15) is 13.2 Å². The van der Waals surface area contributed by atoms with Crippen molar-refractivity contribution in [1.82, 2.24) is 15.4 Å². The molecule has 0 heterocycles. The van der Waals surface area contributed by atoms with Gasteiger partial charge in [-0.3, -0.25) is 4.79 Å². The molecule has 0 radical (unpaired) electrons. The van der Waals surface area contributed by atoms with Gasteiger partial charge < -0.3 is 10.6 Å². The lowest BCUT2D eigenvalue weighted by Gasteiger charge is -2.25. The van der Waals surface area contributed by atoms with Gasteiger partial charge in [0.15, 0.2) is 0 Å². The third-order valence-electron chi connectivity index (χ3n) is 1.90. The molecule has 0 aromatic rings. The van der Waals surface area contributed by atoms with Crippen LogP contribution in [-0.2, 0) is 14.8 Å². The van der Waals surface area contributed by atoms with E-state index in [0.717, 1.165) is 19.2 Å². The highest BCUT2D eigenvalue weighted by molar-refractivity contribution is 7.88. The largest absolute Gasteiger partial charge is 0.353 e. The Hall–Kier alpha value is -0.660. The number of hydrogen-bond donors (Lipinski definition) is 3. The van der Waals surface area contributed by atoms with Crippen LogP contribution in [0.25, 0.3) is 0 Å². The molecular formula is C10H23N3O3S. The van der Waals surface area contributed by atoms with Crippen LogP contribution in [0.5, 0.6) is 0 Å². The first-order valence-corrected chi connectivity index (χ1v) is 7.52. The standard InChI is InChI=1S/C10H23N3O3S/c1-5-6-11-7-9(14)12-8-10(2,3)13-17(4,15)16/h11,13H,5-8H2,1-4H3,(H,12,14). The maximum absolute atomic E-state index is 11.4. The molecule has 0 unspecified atom stereocenters. The highest BCUT2D eigenvalue weighted by Crippen LogP contribution is 2.01. The minimum Gasteiger partial charge on any atom is -0.353 e. The first-order valence-electron chi connectivity index (χ1n) is 5.62. The molecular weight excluding hydrogens is 242 g/mol. The van der Waals surface area contributed by atoms with Crippen molar-refractivity contribution in [2.24, 2.45) is 0 Å². The Morgan fingerprint density at radius 2 is 1.88 bits per heavy atom. The number of carbonyl (C=O) groups is 1. The minimum absolute atomic E-state index is 0.137. The average Bonchev–Trinajstić information content (AvgIpc) is 2.12. The van der Waals surface area contributed by atoms with E-state index < -0.39 is 15.6 Å². The van der Waals surface area contributed by atoms with E-state index in [1.165, 1.54) is 0 Å². The van der Waals surface area contributed by atoms with Gasteiger partial charge >= 0.3 is 0 Å². The van der Waals surface area contributed by atoms with E-state index in [2.05, 4.69) is 15.4 Å².